The van der Waals surface area contributed by atoms with E-state index in [1.54, 1.807) is 11.3 Å². The number of nitrogens with one attached hydrogen (secondary N) is 1. The molecule has 1 rings (SSSR count). The van der Waals surface area contributed by atoms with Gasteiger partial charge in [0, 0.05) is 29.9 Å². The summed E-state index contributed by atoms with van der Waals surface area (Å²) in [6, 6.07) is 0. The van der Waals surface area contributed by atoms with E-state index in [9.17, 15) is 8.42 Å². The highest BCUT2D eigenvalue weighted by Crippen LogP contribution is 2.09. The maximum atomic E-state index is 11.6. The van der Waals surface area contributed by atoms with Crippen molar-refractivity contribution in [3.63, 3.8) is 0 Å². The molecule has 0 aromatic carbocycles. The van der Waals surface area contributed by atoms with Crippen LogP contribution in [0.4, 0.5) is 0 Å². The predicted octanol–water partition coefficient (Wildman–Crippen LogP) is 1.79. The lowest BCUT2D eigenvalue weighted by Gasteiger charge is -2.09. The summed E-state index contributed by atoms with van der Waals surface area (Å²) in [5.74, 6) is 0.399. The maximum absolute atomic E-state index is 11.6. The molecule has 0 spiro atoms. The second-order valence-corrected chi connectivity index (χ2v) is 7.17. The lowest BCUT2D eigenvalue weighted by atomic mass is 10.3. The highest BCUT2D eigenvalue weighted by atomic mass is 35.5. The second-order valence-electron chi connectivity index (χ2n) is 4.07. The van der Waals surface area contributed by atoms with Gasteiger partial charge < -0.3 is 0 Å². The molecule has 1 heterocycles. The molecule has 1 aromatic heterocycles. The van der Waals surface area contributed by atoms with Crippen molar-refractivity contribution in [3.05, 3.63) is 16.1 Å². The fourth-order valence-electron chi connectivity index (χ4n) is 1.31. The molecule has 98 valence electrons. The molecule has 17 heavy (non-hydrogen) atoms. The molecular formula is C10H17ClN2O2S2. The zero-order chi connectivity index (χ0) is 12.9. The van der Waals surface area contributed by atoms with Gasteiger partial charge in [-0.05, 0) is 12.8 Å². The zero-order valence-corrected chi connectivity index (χ0v) is 12.3. The Morgan fingerprint density at radius 2 is 2.29 bits per heavy atom. The summed E-state index contributed by atoms with van der Waals surface area (Å²) in [6.45, 7) is 4.13. The Labute approximate surface area is 111 Å². The van der Waals surface area contributed by atoms with E-state index < -0.39 is 10.0 Å². The molecule has 0 radical (unpaired) electrons. The van der Waals surface area contributed by atoms with E-state index in [1.807, 2.05) is 19.2 Å². The van der Waals surface area contributed by atoms with Crippen LogP contribution >= 0.6 is 22.9 Å². The largest absolute Gasteiger partial charge is 0.247 e. The SMILES string of the molecule is Cc1csc(CCNS(=O)(=O)CC(C)CCl)n1. The molecule has 0 amide bonds. The van der Waals surface area contributed by atoms with Crippen molar-refractivity contribution in [3.8, 4) is 0 Å². The van der Waals surface area contributed by atoms with Gasteiger partial charge in [0.05, 0.1) is 10.8 Å². The fourth-order valence-corrected chi connectivity index (χ4v) is 3.72. The van der Waals surface area contributed by atoms with Crippen LogP contribution in [0.5, 0.6) is 0 Å². The van der Waals surface area contributed by atoms with Crippen LogP contribution in [-0.2, 0) is 16.4 Å². The van der Waals surface area contributed by atoms with Crippen LogP contribution in [0.2, 0.25) is 0 Å². The van der Waals surface area contributed by atoms with Crippen molar-refractivity contribution in [1.82, 2.24) is 9.71 Å². The lowest BCUT2D eigenvalue weighted by Crippen LogP contribution is -2.31. The van der Waals surface area contributed by atoms with Crippen molar-refractivity contribution >= 4 is 33.0 Å². The summed E-state index contributed by atoms with van der Waals surface area (Å²) in [5, 5.41) is 2.91. The summed E-state index contributed by atoms with van der Waals surface area (Å²) in [7, 11) is -3.21. The number of hydrogen-bond donors (Lipinski definition) is 1. The number of rotatable bonds is 7. The van der Waals surface area contributed by atoms with Gasteiger partial charge in [0.1, 0.15) is 0 Å². The number of hydrogen-bond acceptors (Lipinski definition) is 4. The summed E-state index contributed by atoms with van der Waals surface area (Å²) in [6.07, 6.45) is 0.632. The van der Waals surface area contributed by atoms with Crippen LogP contribution in [0.1, 0.15) is 17.6 Å². The maximum Gasteiger partial charge on any atom is 0.211 e. The number of aromatic nitrogens is 1. The highest BCUT2D eigenvalue weighted by Gasteiger charge is 2.14. The topological polar surface area (TPSA) is 59.1 Å². The van der Waals surface area contributed by atoms with E-state index in [0.717, 1.165) is 10.7 Å². The van der Waals surface area contributed by atoms with Gasteiger partial charge in [-0.2, -0.15) is 0 Å². The first kappa shape index (κ1) is 14.9. The van der Waals surface area contributed by atoms with Crippen molar-refractivity contribution in [1.29, 1.82) is 0 Å². The molecule has 0 aliphatic rings. The number of thiazole rings is 1. The Balaban J connectivity index is 2.35. The van der Waals surface area contributed by atoms with Crippen LogP contribution < -0.4 is 4.72 Å². The number of alkyl halides is 1. The first-order chi connectivity index (χ1) is 7.93. The van der Waals surface area contributed by atoms with Gasteiger partial charge in [-0.25, -0.2) is 18.1 Å². The van der Waals surface area contributed by atoms with Crippen LogP contribution in [-0.4, -0.2) is 31.6 Å². The van der Waals surface area contributed by atoms with E-state index in [-0.39, 0.29) is 11.7 Å². The molecular weight excluding hydrogens is 280 g/mol. The Bertz CT molecular complexity index is 445. The second kappa shape index (κ2) is 6.68. The molecule has 1 unspecified atom stereocenters. The molecule has 0 aliphatic heterocycles. The average molecular weight is 297 g/mol. The Morgan fingerprint density at radius 1 is 1.59 bits per heavy atom. The van der Waals surface area contributed by atoms with Gasteiger partial charge in [-0.3, -0.25) is 0 Å². The molecule has 1 N–H and O–H groups in total. The van der Waals surface area contributed by atoms with Gasteiger partial charge in [0.2, 0.25) is 10.0 Å². The summed E-state index contributed by atoms with van der Waals surface area (Å²) >= 11 is 7.14. The fraction of sp³-hybridized carbons (Fsp3) is 0.700. The van der Waals surface area contributed by atoms with Crippen molar-refractivity contribution in [2.75, 3.05) is 18.2 Å². The molecule has 0 bridgehead atoms. The normalized spacial score (nSPS) is 13.8. The molecule has 0 saturated carbocycles. The summed E-state index contributed by atoms with van der Waals surface area (Å²) in [5.41, 5.74) is 0.976. The Kier molecular flexibility index (Phi) is 5.85. The van der Waals surface area contributed by atoms with E-state index in [1.165, 1.54) is 0 Å². The first-order valence-corrected chi connectivity index (χ1v) is 8.44. The summed E-state index contributed by atoms with van der Waals surface area (Å²) < 4.78 is 25.8. The minimum atomic E-state index is -3.21. The smallest absolute Gasteiger partial charge is 0.211 e. The summed E-state index contributed by atoms with van der Waals surface area (Å²) in [4.78, 5) is 4.27. The molecule has 0 saturated heterocycles. The number of aryl methyl sites for hydroxylation is 1. The number of halogens is 1. The van der Waals surface area contributed by atoms with Crippen LogP contribution in [0.3, 0.4) is 0 Å². The van der Waals surface area contributed by atoms with Gasteiger partial charge in [0.25, 0.3) is 0 Å². The van der Waals surface area contributed by atoms with Crippen LogP contribution in [0.15, 0.2) is 5.38 Å². The first-order valence-electron chi connectivity index (χ1n) is 5.37. The van der Waals surface area contributed by atoms with Gasteiger partial charge in [-0.15, -0.1) is 22.9 Å². The molecule has 7 heteroatoms. The molecule has 0 fully saturated rings. The van der Waals surface area contributed by atoms with E-state index in [4.69, 9.17) is 11.6 Å². The van der Waals surface area contributed by atoms with Gasteiger partial charge in [-0.1, -0.05) is 6.92 Å². The standard InChI is InChI=1S/C10H17ClN2O2S2/c1-8(5-11)7-17(14,15)12-4-3-10-13-9(2)6-16-10/h6,8,12H,3-5,7H2,1-2H3. The number of sulfonamides is 1. The highest BCUT2D eigenvalue weighted by molar-refractivity contribution is 7.89. The van der Waals surface area contributed by atoms with Crippen LogP contribution in [0.25, 0.3) is 0 Å². The van der Waals surface area contributed by atoms with Gasteiger partial charge >= 0.3 is 0 Å². The van der Waals surface area contributed by atoms with E-state index in [0.29, 0.717) is 18.8 Å². The molecule has 1 aromatic rings. The minimum Gasteiger partial charge on any atom is -0.247 e. The van der Waals surface area contributed by atoms with Crippen molar-refractivity contribution < 1.29 is 8.42 Å². The quantitative estimate of drug-likeness (QED) is 0.781. The van der Waals surface area contributed by atoms with E-state index >= 15 is 0 Å². The van der Waals surface area contributed by atoms with Crippen LogP contribution in [0, 0.1) is 12.8 Å². The van der Waals surface area contributed by atoms with Crippen molar-refractivity contribution in [2.45, 2.75) is 20.3 Å². The molecule has 4 nitrogen and oxygen atoms in total. The predicted molar refractivity (Wildman–Crippen MR) is 72.2 cm³/mol. The zero-order valence-electron chi connectivity index (χ0n) is 9.94. The average Bonchev–Trinajstić information content (AvgIpc) is 2.63. The monoisotopic (exact) mass is 296 g/mol. The van der Waals surface area contributed by atoms with Gasteiger partial charge in [0.15, 0.2) is 0 Å². The number of nitrogens with zero attached hydrogens (tertiary/aromatic N) is 1. The lowest BCUT2D eigenvalue weighted by molar-refractivity contribution is 0.569. The van der Waals surface area contributed by atoms with E-state index in [2.05, 4.69) is 9.71 Å². The third-order valence-electron chi connectivity index (χ3n) is 2.09. The Morgan fingerprint density at radius 3 is 2.82 bits per heavy atom. The third-order valence-corrected chi connectivity index (χ3v) is 5.30. The Hall–Kier alpha value is -0.170. The van der Waals surface area contributed by atoms with Crippen molar-refractivity contribution in [2.24, 2.45) is 5.92 Å². The molecule has 0 aliphatic carbocycles. The molecule has 1 atom stereocenters. The minimum absolute atomic E-state index is 0.0312. The third kappa shape index (κ3) is 5.81.